The van der Waals surface area contributed by atoms with Crippen LogP contribution >= 0.6 is 0 Å². The highest BCUT2D eigenvalue weighted by atomic mass is 19.1. The van der Waals surface area contributed by atoms with Gasteiger partial charge in [0.2, 0.25) is 5.91 Å². The maximum atomic E-state index is 12.4. The molecular formula is C12H15FN2O. The average Bonchev–Trinajstić information content (AvgIpc) is 2.31. The van der Waals surface area contributed by atoms with Crippen LogP contribution in [0.4, 0.5) is 10.1 Å². The first-order valence-electron chi connectivity index (χ1n) is 5.00. The van der Waals surface area contributed by atoms with E-state index in [0.717, 1.165) is 5.69 Å². The molecule has 0 aliphatic rings. The zero-order valence-electron chi connectivity index (χ0n) is 9.19. The van der Waals surface area contributed by atoms with Crippen molar-refractivity contribution in [1.82, 2.24) is 0 Å². The third kappa shape index (κ3) is 3.17. The maximum absolute atomic E-state index is 12.4. The molecule has 86 valence electrons. The van der Waals surface area contributed by atoms with E-state index < -0.39 is 0 Å². The van der Waals surface area contributed by atoms with E-state index in [9.17, 15) is 9.18 Å². The zero-order chi connectivity index (χ0) is 12.0. The van der Waals surface area contributed by atoms with Crippen molar-refractivity contribution >= 4 is 11.6 Å². The normalized spacial score (nSPS) is 11.3. The molecule has 0 aliphatic carbocycles. The van der Waals surface area contributed by atoms with Crippen LogP contribution in [0.25, 0.3) is 0 Å². The Balaban J connectivity index is 2.89. The third-order valence-corrected chi connectivity index (χ3v) is 2.23. The minimum absolute atomic E-state index is 0.104. The molecule has 1 aromatic carbocycles. The molecule has 2 N–H and O–H groups in total. The summed E-state index contributed by atoms with van der Waals surface area (Å²) in [5.41, 5.74) is 6.49. The molecule has 1 rings (SSSR count). The summed E-state index contributed by atoms with van der Waals surface area (Å²) in [4.78, 5) is 12.9. The lowest BCUT2D eigenvalue weighted by molar-refractivity contribution is -0.116. The Morgan fingerprint density at radius 2 is 2.06 bits per heavy atom. The smallest absolute Gasteiger partial charge is 0.224 e. The molecule has 0 radical (unpaired) electrons. The SMILES string of the molecule is CC(=O)N(C/C(=C/F)CN)c1ccccc1. The molecule has 16 heavy (non-hydrogen) atoms. The van der Waals surface area contributed by atoms with E-state index >= 15 is 0 Å². The van der Waals surface area contributed by atoms with Crippen LogP contribution in [-0.2, 0) is 4.79 Å². The number of para-hydroxylation sites is 1. The van der Waals surface area contributed by atoms with Gasteiger partial charge in [0.25, 0.3) is 0 Å². The van der Waals surface area contributed by atoms with E-state index in [1.165, 1.54) is 11.8 Å². The molecule has 1 aromatic rings. The second-order valence-electron chi connectivity index (χ2n) is 3.41. The summed E-state index contributed by atoms with van der Waals surface area (Å²) in [7, 11) is 0. The molecule has 0 unspecified atom stereocenters. The van der Waals surface area contributed by atoms with Gasteiger partial charge in [-0.3, -0.25) is 4.79 Å². The summed E-state index contributed by atoms with van der Waals surface area (Å²) in [6.07, 6.45) is 0.457. The van der Waals surface area contributed by atoms with E-state index in [1.807, 2.05) is 18.2 Å². The van der Waals surface area contributed by atoms with Gasteiger partial charge in [0.05, 0.1) is 12.9 Å². The molecule has 0 aromatic heterocycles. The van der Waals surface area contributed by atoms with Gasteiger partial charge in [0, 0.05) is 19.2 Å². The van der Waals surface area contributed by atoms with E-state index in [-0.39, 0.29) is 19.0 Å². The van der Waals surface area contributed by atoms with Crippen molar-refractivity contribution in [2.75, 3.05) is 18.0 Å². The second kappa shape index (κ2) is 6.02. The van der Waals surface area contributed by atoms with Gasteiger partial charge in [-0.2, -0.15) is 0 Å². The van der Waals surface area contributed by atoms with Crippen LogP contribution in [0.5, 0.6) is 0 Å². The van der Waals surface area contributed by atoms with Crippen molar-refractivity contribution in [3.05, 3.63) is 42.2 Å². The fourth-order valence-corrected chi connectivity index (χ4v) is 1.34. The molecule has 4 heteroatoms. The zero-order valence-corrected chi connectivity index (χ0v) is 9.19. The average molecular weight is 222 g/mol. The van der Waals surface area contributed by atoms with Crippen LogP contribution in [-0.4, -0.2) is 19.0 Å². The van der Waals surface area contributed by atoms with Gasteiger partial charge in [-0.05, 0) is 17.7 Å². The highest BCUT2D eigenvalue weighted by Gasteiger charge is 2.12. The Morgan fingerprint density at radius 3 is 2.50 bits per heavy atom. The highest BCUT2D eigenvalue weighted by molar-refractivity contribution is 5.91. The fourth-order valence-electron chi connectivity index (χ4n) is 1.34. The number of nitrogens with two attached hydrogens (primary N) is 1. The van der Waals surface area contributed by atoms with Gasteiger partial charge < -0.3 is 10.6 Å². The number of rotatable bonds is 4. The number of carbonyl (C=O) groups excluding carboxylic acids is 1. The molecule has 0 heterocycles. The number of nitrogens with zero attached hydrogens (tertiary/aromatic N) is 1. The van der Waals surface area contributed by atoms with Gasteiger partial charge in [-0.25, -0.2) is 4.39 Å². The summed E-state index contributed by atoms with van der Waals surface area (Å²) >= 11 is 0. The number of anilines is 1. The Bertz CT molecular complexity index is 376. The number of carbonyl (C=O) groups is 1. The molecule has 3 nitrogen and oxygen atoms in total. The molecule has 0 atom stereocenters. The van der Waals surface area contributed by atoms with Crippen molar-refractivity contribution in [1.29, 1.82) is 0 Å². The summed E-state index contributed by atoms with van der Waals surface area (Å²) < 4.78 is 12.4. The third-order valence-electron chi connectivity index (χ3n) is 2.23. The Labute approximate surface area is 94.4 Å². The first-order valence-corrected chi connectivity index (χ1v) is 5.00. The summed E-state index contributed by atoms with van der Waals surface area (Å²) in [6.45, 7) is 1.73. The molecule has 0 fully saturated rings. The Morgan fingerprint density at radius 1 is 1.44 bits per heavy atom. The van der Waals surface area contributed by atoms with Crippen LogP contribution in [0.3, 0.4) is 0 Å². The number of hydrogen-bond acceptors (Lipinski definition) is 2. The maximum Gasteiger partial charge on any atom is 0.224 e. The van der Waals surface area contributed by atoms with Crippen LogP contribution in [0.1, 0.15) is 6.92 Å². The summed E-state index contributed by atoms with van der Waals surface area (Å²) in [5.74, 6) is -0.140. The highest BCUT2D eigenvalue weighted by Crippen LogP contribution is 2.15. The first-order chi connectivity index (χ1) is 7.69. The molecular weight excluding hydrogens is 207 g/mol. The van der Waals surface area contributed by atoms with Gasteiger partial charge in [0.15, 0.2) is 0 Å². The lowest BCUT2D eigenvalue weighted by atomic mass is 10.2. The first kappa shape index (κ1) is 12.4. The van der Waals surface area contributed by atoms with Crippen LogP contribution < -0.4 is 10.6 Å². The number of amides is 1. The van der Waals surface area contributed by atoms with Crippen molar-refractivity contribution in [3.63, 3.8) is 0 Å². The summed E-state index contributed by atoms with van der Waals surface area (Å²) in [5, 5.41) is 0. The standard InChI is InChI=1S/C12H15FN2O/c1-10(16)15(9-11(7-13)8-14)12-5-3-2-4-6-12/h2-7H,8-9,14H2,1H3/b11-7+. The summed E-state index contributed by atoms with van der Waals surface area (Å²) in [6, 6.07) is 9.11. The van der Waals surface area contributed by atoms with Gasteiger partial charge in [-0.1, -0.05) is 18.2 Å². The van der Waals surface area contributed by atoms with Crippen molar-refractivity contribution in [3.8, 4) is 0 Å². The molecule has 0 saturated heterocycles. The van der Waals surface area contributed by atoms with E-state index in [2.05, 4.69) is 0 Å². The van der Waals surface area contributed by atoms with Crippen LogP contribution in [0, 0.1) is 0 Å². The number of halogens is 1. The number of hydrogen-bond donors (Lipinski definition) is 1. The molecule has 0 saturated carbocycles. The van der Waals surface area contributed by atoms with Crippen molar-refractivity contribution in [2.24, 2.45) is 5.73 Å². The number of benzene rings is 1. The Hall–Kier alpha value is -1.68. The van der Waals surface area contributed by atoms with Gasteiger partial charge in [0.1, 0.15) is 0 Å². The quantitative estimate of drug-likeness (QED) is 0.845. The molecule has 0 bridgehead atoms. The van der Waals surface area contributed by atoms with E-state index in [1.54, 1.807) is 12.1 Å². The Kier molecular flexibility index (Phi) is 4.66. The van der Waals surface area contributed by atoms with Crippen molar-refractivity contribution < 1.29 is 9.18 Å². The van der Waals surface area contributed by atoms with Crippen molar-refractivity contribution in [2.45, 2.75) is 6.92 Å². The topological polar surface area (TPSA) is 46.3 Å². The largest absolute Gasteiger partial charge is 0.327 e. The predicted molar refractivity (Wildman–Crippen MR) is 62.7 cm³/mol. The van der Waals surface area contributed by atoms with Crippen LogP contribution in [0.2, 0.25) is 0 Å². The second-order valence-corrected chi connectivity index (χ2v) is 3.41. The predicted octanol–water partition coefficient (Wildman–Crippen LogP) is 1.85. The lowest BCUT2D eigenvalue weighted by Gasteiger charge is -2.21. The fraction of sp³-hybridized carbons (Fsp3) is 0.250. The molecule has 0 aliphatic heterocycles. The van der Waals surface area contributed by atoms with Gasteiger partial charge in [-0.15, -0.1) is 0 Å². The van der Waals surface area contributed by atoms with Crippen LogP contribution in [0.15, 0.2) is 42.2 Å². The van der Waals surface area contributed by atoms with E-state index in [0.29, 0.717) is 11.9 Å². The molecule has 0 spiro atoms. The monoisotopic (exact) mass is 222 g/mol. The minimum Gasteiger partial charge on any atom is -0.327 e. The molecule has 1 amide bonds. The minimum atomic E-state index is -0.140. The lowest BCUT2D eigenvalue weighted by Crippen LogP contribution is -2.32. The van der Waals surface area contributed by atoms with E-state index in [4.69, 9.17) is 5.73 Å². The van der Waals surface area contributed by atoms with Gasteiger partial charge >= 0.3 is 0 Å².